The first-order valence-electron chi connectivity index (χ1n) is 5.17. The Balaban J connectivity index is 2.09. The Morgan fingerprint density at radius 1 is 0.647 bits per heavy atom. The molecule has 2 aromatic carbocycles. The van der Waals surface area contributed by atoms with E-state index in [-0.39, 0.29) is 0 Å². The van der Waals surface area contributed by atoms with Crippen LogP contribution < -0.4 is 0 Å². The van der Waals surface area contributed by atoms with Crippen molar-refractivity contribution in [3.63, 3.8) is 0 Å². The molecule has 0 aliphatic rings. The van der Waals surface area contributed by atoms with Gasteiger partial charge in [0.15, 0.2) is 0 Å². The van der Waals surface area contributed by atoms with Crippen molar-refractivity contribution in [2.24, 2.45) is 0 Å². The number of hydrogen-bond acceptors (Lipinski definition) is 0. The molecular formula is C16H9Br. The lowest BCUT2D eigenvalue weighted by Crippen LogP contribution is -1.72. The highest BCUT2D eigenvalue weighted by Gasteiger charge is 1.85. The molecule has 17 heavy (non-hydrogen) atoms. The fourth-order valence-electron chi connectivity index (χ4n) is 1.26. The van der Waals surface area contributed by atoms with Crippen molar-refractivity contribution in [3.8, 4) is 23.7 Å². The largest absolute Gasteiger partial charge is 0.0622 e. The van der Waals surface area contributed by atoms with Crippen LogP contribution in [0.25, 0.3) is 0 Å². The SMILES string of the molecule is Brc1ccc(C#CC#Cc2ccccc2)cc1. The van der Waals surface area contributed by atoms with Crippen LogP contribution in [-0.4, -0.2) is 0 Å². The molecule has 0 aromatic heterocycles. The normalized spacial score (nSPS) is 8.53. The summed E-state index contributed by atoms with van der Waals surface area (Å²) in [7, 11) is 0. The third-order valence-corrected chi connectivity index (χ3v) is 2.62. The van der Waals surface area contributed by atoms with E-state index in [9.17, 15) is 0 Å². The van der Waals surface area contributed by atoms with Crippen molar-refractivity contribution in [1.82, 2.24) is 0 Å². The van der Waals surface area contributed by atoms with Crippen LogP contribution in [0.2, 0.25) is 0 Å². The van der Waals surface area contributed by atoms with Crippen LogP contribution in [0.1, 0.15) is 11.1 Å². The number of halogens is 1. The van der Waals surface area contributed by atoms with Crippen LogP contribution in [-0.2, 0) is 0 Å². The van der Waals surface area contributed by atoms with Gasteiger partial charge in [0, 0.05) is 15.6 Å². The molecule has 80 valence electrons. The smallest absolute Gasteiger partial charge is 0.0256 e. The molecule has 0 fully saturated rings. The summed E-state index contributed by atoms with van der Waals surface area (Å²) in [5.41, 5.74) is 1.95. The molecule has 0 nitrogen and oxygen atoms in total. The van der Waals surface area contributed by atoms with E-state index in [2.05, 4.69) is 39.6 Å². The lowest BCUT2D eigenvalue weighted by Gasteiger charge is -1.88. The molecule has 2 rings (SSSR count). The molecule has 0 aliphatic carbocycles. The zero-order valence-electron chi connectivity index (χ0n) is 9.07. The highest BCUT2D eigenvalue weighted by Crippen LogP contribution is 2.09. The zero-order valence-corrected chi connectivity index (χ0v) is 10.7. The van der Waals surface area contributed by atoms with E-state index < -0.39 is 0 Å². The number of benzene rings is 2. The van der Waals surface area contributed by atoms with E-state index in [0.29, 0.717) is 0 Å². The summed E-state index contributed by atoms with van der Waals surface area (Å²) in [4.78, 5) is 0. The van der Waals surface area contributed by atoms with Gasteiger partial charge in [-0.05, 0) is 48.2 Å². The van der Waals surface area contributed by atoms with Gasteiger partial charge >= 0.3 is 0 Å². The third-order valence-electron chi connectivity index (χ3n) is 2.09. The Morgan fingerprint density at radius 3 is 1.76 bits per heavy atom. The lowest BCUT2D eigenvalue weighted by molar-refractivity contribution is 1.60. The predicted molar refractivity (Wildman–Crippen MR) is 74.3 cm³/mol. The molecule has 0 atom stereocenters. The minimum atomic E-state index is 0.968. The van der Waals surface area contributed by atoms with E-state index in [1.54, 1.807) is 0 Å². The van der Waals surface area contributed by atoms with Gasteiger partial charge < -0.3 is 0 Å². The maximum absolute atomic E-state index is 3.38. The fraction of sp³-hybridized carbons (Fsp3) is 0. The van der Waals surface area contributed by atoms with Gasteiger partial charge in [-0.25, -0.2) is 0 Å². The van der Waals surface area contributed by atoms with Gasteiger partial charge in [-0.15, -0.1) is 0 Å². The minimum Gasteiger partial charge on any atom is -0.0622 e. The van der Waals surface area contributed by atoms with E-state index in [4.69, 9.17) is 0 Å². The molecule has 0 saturated carbocycles. The van der Waals surface area contributed by atoms with Crippen molar-refractivity contribution in [2.75, 3.05) is 0 Å². The molecule has 0 bridgehead atoms. The van der Waals surface area contributed by atoms with Crippen molar-refractivity contribution in [3.05, 3.63) is 70.2 Å². The van der Waals surface area contributed by atoms with Crippen molar-refractivity contribution >= 4 is 15.9 Å². The molecule has 0 amide bonds. The Hall–Kier alpha value is -1.96. The average molecular weight is 281 g/mol. The first-order chi connectivity index (χ1) is 8.34. The van der Waals surface area contributed by atoms with E-state index in [1.165, 1.54) is 0 Å². The molecule has 2 aromatic rings. The van der Waals surface area contributed by atoms with Crippen molar-refractivity contribution in [1.29, 1.82) is 0 Å². The summed E-state index contributed by atoms with van der Waals surface area (Å²) in [6, 6.07) is 17.7. The second-order valence-electron chi connectivity index (χ2n) is 3.37. The summed E-state index contributed by atoms with van der Waals surface area (Å²) in [6.45, 7) is 0. The number of hydrogen-bond donors (Lipinski definition) is 0. The van der Waals surface area contributed by atoms with Crippen LogP contribution in [0.4, 0.5) is 0 Å². The summed E-state index contributed by atoms with van der Waals surface area (Å²) in [5.74, 6) is 11.7. The van der Waals surface area contributed by atoms with Crippen LogP contribution in [0, 0.1) is 23.7 Å². The highest BCUT2D eigenvalue weighted by molar-refractivity contribution is 9.10. The van der Waals surface area contributed by atoms with Crippen LogP contribution in [0.15, 0.2) is 59.1 Å². The van der Waals surface area contributed by atoms with E-state index in [0.717, 1.165) is 15.6 Å². The summed E-state index contributed by atoms with van der Waals surface area (Å²) < 4.78 is 1.05. The van der Waals surface area contributed by atoms with E-state index >= 15 is 0 Å². The highest BCUT2D eigenvalue weighted by atomic mass is 79.9. The molecule has 1 heteroatoms. The summed E-state index contributed by atoms with van der Waals surface area (Å²) >= 11 is 3.38. The van der Waals surface area contributed by atoms with Gasteiger partial charge in [-0.2, -0.15) is 0 Å². The maximum Gasteiger partial charge on any atom is 0.0256 e. The Bertz CT molecular complexity index is 602. The van der Waals surface area contributed by atoms with Gasteiger partial charge in [0.1, 0.15) is 0 Å². The standard InChI is InChI=1S/C16H9Br/c17-16-12-10-15(11-13-16)9-5-4-8-14-6-2-1-3-7-14/h1-3,6-7,10-13H. The molecule has 0 radical (unpaired) electrons. The lowest BCUT2D eigenvalue weighted by atomic mass is 10.2. The van der Waals surface area contributed by atoms with Crippen LogP contribution in [0.5, 0.6) is 0 Å². The summed E-state index contributed by atoms with van der Waals surface area (Å²) in [5, 5.41) is 0. The third kappa shape index (κ3) is 3.83. The predicted octanol–water partition coefficient (Wildman–Crippen LogP) is 3.85. The van der Waals surface area contributed by atoms with Gasteiger partial charge in [-0.1, -0.05) is 46.0 Å². The Morgan fingerprint density at radius 2 is 1.18 bits per heavy atom. The zero-order chi connectivity index (χ0) is 11.9. The average Bonchev–Trinajstić information content (AvgIpc) is 2.38. The Kier molecular flexibility index (Phi) is 4.03. The minimum absolute atomic E-state index is 0.968. The summed E-state index contributed by atoms with van der Waals surface area (Å²) in [6.07, 6.45) is 0. The Labute approximate surface area is 110 Å². The van der Waals surface area contributed by atoms with E-state index in [1.807, 2.05) is 54.6 Å². The second-order valence-corrected chi connectivity index (χ2v) is 4.29. The maximum atomic E-state index is 3.38. The van der Waals surface area contributed by atoms with Gasteiger partial charge in [0.2, 0.25) is 0 Å². The van der Waals surface area contributed by atoms with Crippen molar-refractivity contribution in [2.45, 2.75) is 0 Å². The second kappa shape index (κ2) is 5.94. The van der Waals surface area contributed by atoms with Gasteiger partial charge in [0.25, 0.3) is 0 Å². The number of rotatable bonds is 0. The fourth-order valence-corrected chi connectivity index (χ4v) is 1.53. The molecule has 0 saturated heterocycles. The van der Waals surface area contributed by atoms with Gasteiger partial charge in [-0.3, -0.25) is 0 Å². The molecule has 0 aliphatic heterocycles. The molecule has 0 N–H and O–H groups in total. The molecule has 0 heterocycles. The van der Waals surface area contributed by atoms with Crippen molar-refractivity contribution < 1.29 is 0 Å². The molecule has 0 spiro atoms. The van der Waals surface area contributed by atoms with Gasteiger partial charge in [0.05, 0.1) is 0 Å². The topological polar surface area (TPSA) is 0 Å². The monoisotopic (exact) mass is 280 g/mol. The molecular weight excluding hydrogens is 272 g/mol. The van der Waals surface area contributed by atoms with Crippen LogP contribution >= 0.6 is 15.9 Å². The first kappa shape index (κ1) is 11.5. The quantitative estimate of drug-likeness (QED) is 0.643. The van der Waals surface area contributed by atoms with Crippen LogP contribution in [0.3, 0.4) is 0 Å². The molecule has 0 unspecified atom stereocenters. The first-order valence-corrected chi connectivity index (χ1v) is 5.96.